The summed E-state index contributed by atoms with van der Waals surface area (Å²) < 4.78 is 5.24. The molecule has 0 aliphatic carbocycles. The summed E-state index contributed by atoms with van der Waals surface area (Å²) in [5.74, 6) is 0.517. The highest BCUT2D eigenvalue weighted by molar-refractivity contribution is 6.01. The fourth-order valence-corrected chi connectivity index (χ4v) is 1.65. The zero-order valence-electron chi connectivity index (χ0n) is 10.8. The van der Waals surface area contributed by atoms with Gasteiger partial charge in [0.15, 0.2) is 0 Å². The van der Waals surface area contributed by atoms with E-state index in [0.29, 0.717) is 5.69 Å². The minimum Gasteiger partial charge on any atom is -0.496 e. The molecule has 0 unspecified atom stereocenters. The van der Waals surface area contributed by atoms with Crippen LogP contribution in [-0.2, 0) is 4.79 Å². The second-order valence-electron chi connectivity index (χ2n) is 4.05. The van der Waals surface area contributed by atoms with E-state index in [9.17, 15) is 4.79 Å². The molecule has 0 spiro atoms. The van der Waals surface area contributed by atoms with Crippen molar-refractivity contribution >= 4 is 17.7 Å². The summed E-state index contributed by atoms with van der Waals surface area (Å²) in [6.45, 7) is 1.99. The highest BCUT2D eigenvalue weighted by Crippen LogP contribution is 2.20. The molecule has 2 N–H and O–H groups in total. The number of nitrogens with zero attached hydrogens (tertiary/aromatic N) is 1. The number of benzene rings is 1. The Morgan fingerprint density at radius 2 is 2.32 bits per heavy atom. The Bertz CT molecular complexity index is 589. The van der Waals surface area contributed by atoms with Crippen molar-refractivity contribution in [2.24, 2.45) is 0 Å². The smallest absolute Gasteiger partial charge is 0.248 e. The molecule has 0 aliphatic rings. The van der Waals surface area contributed by atoms with Gasteiger partial charge in [-0.05, 0) is 25.1 Å². The molecule has 19 heavy (non-hydrogen) atoms. The quantitative estimate of drug-likeness (QED) is 0.826. The van der Waals surface area contributed by atoms with Gasteiger partial charge in [-0.2, -0.15) is 5.10 Å². The van der Waals surface area contributed by atoms with E-state index < -0.39 is 0 Å². The topological polar surface area (TPSA) is 67.0 Å². The van der Waals surface area contributed by atoms with E-state index in [1.54, 1.807) is 25.6 Å². The van der Waals surface area contributed by atoms with Gasteiger partial charge in [0.1, 0.15) is 5.75 Å². The number of ether oxygens (including phenoxy) is 1. The largest absolute Gasteiger partial charge is 0.496 e. The first-order chi connectivity index (χ1) is 9.19. The van der Waals surface area contributed by atoms with Crippen LogP contribution in [-0.4, -0.2) is 23.2 Å². The Morgan fingerprint density at radius 1 is 1.47 bits per heavy atom. The number of hydrogen-bond donors (Lipinski definition) is 2. The number of H-pyrrole nitrogens is 1. The number of anilines is 1. The molecule has 0 atom stereocenters. The van der Waals surface area contributed by atoms with Crippen molar-refractivity contribution in [3.8, 4) is 5.75 Å². The Labute approximate surface area is 111 Å². The lowest BCUT2D eigenvalue weighted by atomic mass is 10.1. The molecule has 1 heterocycles. The zero-order chi connectivity index (χ0) is 13.7. The molecule has 0 saturated carbocycles. The zero-order valence-corrected chi connectivity index (χ0v) is 10.8. The average molecular weight is 257 g/mol. The molecule has 0 fully saturated rings. The van der Waals surface area contributed by atoms with Crippen LogP contribution in [0.15, 0.2) is 36.7 Å². The number of carbonyl (C=O) groups excluding carboxylic acids is 1. The standard InChI is InChI=1S/C14H15N3O2/c1-10-3-5-13(19-2)11(7-10)4-6-14(18)17-12-8-15-16-9-12/h3-9H,1-2H3,(H,15,16)(H,17,18)/b6-4+. The molecule has 2 rings (SSSR count). The molecule has 2 aromatic rings. The Morgan fingerprint density at radius 3 is 3.00 bits per heavy atom. The summed E-state index contributed by atoms with van der Waals surface area (Å²) in [7, 11) is 1.60. The maximum Gasteiger partial charge on any atom is 0.248 e. The van der Waals surface area contributed by atoms with E-state index in [-0.39, 0.29) is 5.91 Å². The molecule has 98 valence electrons. The molecule has 0 saturated heterocycles. The van der Waals surface area contributed by atoms with E-state index in [4.69, 9.17) is 4.74 Å². The van der Waals surface area contributed by atoms with Crippen molar-refractivity contribution < 1.29 is 9.53 Å². The van der Waals surface area contributed by atoms with E-state index in [2.05, 4.69) is 15.5 Å². The minimum absolute atomic E-state index is 0.218. The number of amides is 1. The lowest BCUT2D eigenvalue weighted by Crippen LogP contribution is -2.06. The maximum atomic E-state index is 11.7. The van der Waals surface area contributed by atoms with Gasteiger partial charge in [0.25, 0.3) is 0 Å². The first kappa shape index (κ1) is 12.9. The fraction of sp³-hybridized carbons (Fsp3) is 0.143. The summed E-state index contributed by atoms with van der Waals surface area (Å²) in [6.07, 6.45) is 6.34. The second kappa shape index (κ2) is 5.86. The van der Waals surface area contributed by atoms with Crippen molar-refractivity contribution in [1.29, 1.82) is 0 Å². The van der Waals surface area contributed by atoms with Crippen LogP contribution >= 0.6 is 0 Å². The fourth-order valence-electron chi connectivity index (χ4n) is 1.65. The molecular formula is C14H15N3O2. The van der Waals surface area contributed by atoms with Crippen LogP contribution < -0.4 is 10.1 Å². The van der Waals surface area contributed by atoms with Gasteiger partial charge >= 0.3 is 0 Å². The highest BCUT2D eigenvalue weighted by atomic mass is 16.5. The van der Waals surface area contributed by atoms with Crippen molar-refractivity contribution in [2.75, 3.05) is 12.4 Å². The number of rotatable bonds is 4. The first-order valence-corrected chi connectivity index (χ1v) is 5.81. The first-order valence-electron chi connectivity index (χ1n) is 5.81. The summed E-state index contributed by atoms with van der Waals surface area (Å²) in [4.78, 5) is 11.7. The summed E-state index contributed by atoms with van der Waals surface area (Å²) >= 11 is 0. The van der Waals surface area contributed by atoms with Crippen LogP contribution in [0.5, 0.6) is 5.75 Å². The predicted octanol–water partition coefficient (Wildman–Crippen LogP) is 2.38. The number of nitrogens with one attached hydrogen (secondary N) is 2. The molecule has 1 aromatic carbocycles. The predicted molar refractivity (Wildman–Crippen MR) is 74.0 cm³/mol. The third kappa shape index (κ3) is 3.45. The SMILES string of the molecule is COc1ccc(C)cc1/C=C/C(=O)Nc1cn[nH]c1. The molecule has 1 amide bonds. The Kier molecular flexibility index (Phi) is 3.97. The van der Waals surface area contributed by atoms with Crippen molar-refractivity contribution in [1.82, 2.24) is 10.2 Å². The van der Waals surface area contributed by atoms with Crippen LogP contribution in [0.2, 0.25) is 0 Å². The summed E-state index contributed by atoms with van der Waals surface area (Å²) in [6, 6.07) is 5.80. The van der Waals surface area contributed by atoms with Gasteiger partial charge in [0, 0.05) is 17.8 Å². The van der Waals surface area contributed by atoms with E-state index in [0.717, 1.165) is 16.9 Å². The van der Waals surface area contributed by atoms with Crippen molar-refractivity contribution in [2.45, 2.75) is 6.92 Å². The van der Waals surface area contributed by atoms with E-state index in [1.165, 1.54) is 6.08 Å². The Balaban J connectivity index is 2.09. The van der Waals surface area contributed by atoms with Gasteiger partial charge in [-0.25, -0.2) is 0 Å². The average Bonchev–Trinajstić information content (AvgIpc) is 2.89. The van der Waals surface area contributed by atoms with Crippen molar-refractivity contribution in [3.63, 3.8) is 0 Å². The van der Waals surface area contributed by atoms with Gasteiger partial charge in [-0.3, -0.25) is 9.89 Å². The maximum absolute atomic E-state index is 11.7. The third-order valence-electron chi connectivity index (χ3n) is 2.57. The minimum atomic E-state index is -0.218. The number of aromatic nitrogens is 2. The van der Waals surface area contributed by atoms with Gasteiger partial charge in [-0.1, -0.05) is 11.6 Å². The summed E-state index contributed by atoms with van der Waals surface area (Å²) in [5.41, 5.74) is 2.60. The number of methoxy groups -OCH3 is 1. The van der Waals surface area contributed by atoms with E-state index in [1.807, 2.05) is 25.1 Å². The Hall–Kier alpha value is -2.56. The lowest BCUT2D eigenvalue weighted by molar-refractivity contribution is -0.111. The molecule has 1 aromatic heterocycles. The van der Waals surface area contributed by atoms with Crippen LogP contribution in [0.3, 0.4) is 0 Å². The van der Waals surface area contributed by atoms with Crippen molar-refractivity contribution in [3.05, 3.63) is 47.8 Å². The van der Waals surface area contributed by atoms with Crippen LogP contribution in [0, 0.1) is 6.92 Å². The van der Waals surface area contributed by atoms with E-state index >= 15 is 0 Å². The summed E-state index contributed by atoms with van der Waals surface area (Å²) in [5, 5.41) is 9.06. The van der Waals surface area contributed by atoms with Crippen LogP contribution in [0.1, 0.15) is 11.1 Å². The number of hydrogen-bond acceptors (Lipinski definition) is 3. The molecule has 0 radical (unpaired) electrons. The number of aryl methyl sites for hydroxylation is 1. The van der Waals surface area contributed by atoms with Gasteiger partial charge < -0.3 is 10.1 Å². The van der Waals surface area contributed by atoms with Gasteiger partial charge in [0.05, 0.1) is 19.0 Å². The van der Waals surface area contributed by atoms with Gasteiger partial charge in [-0.15, -0.1) is 0 Å². The molecule has 0 bridgehead atoms. The van der Waals surface area contributed by atoms with Crippen LogP contribution in [0.4, 0.5) is 5.69 Å². The normalized spacial score (nSPS) is 10.6. The number of aromatic amines is 1. The van der Waals surface area contributed by atoms with Crippen LogP contribution in [0.25, 0.3) is 6.08 Å². The highest BCUT2D eigenvalue weighted by Gasteiger charge is 2.02. The molecule has 5 nitrogen and oxygen atoms in total. The monoisotopic (exact) mass is 257 g/mol. The number of carbonyl (C=O) groups is 1. The third-order valence-corrected chi connectivity index (χ3v) is 2.57. The molecular weight excluding hydrogens is 242 g/mol. The second-order valence-corrected chi connectivity index (χ2v) is 4.05. The molecule has 5 heteroatoms. The lowest BCUT2D eigenvalue weighted by Gasteiger charge is -2.05. The molecule has 0 aliphatic heterocycles. The van der Waals surface area contributed by atoms with Gasteiger partial charge in [0.2, 0.25) is 5.91 Å².